The number of fused-ring (bicyclic) bond motifs is 1. The van der Waals surface area contributed by atoms with Crippen molar-refractivity contribution >= 4 is 21.6 Å². The molecule has 3 heteroatoms. The van der Waals surface area contributed by atoms with Gasteiger partial charge in [0, 0.05) is 16.2 Å². The SMILES string of the molecule is CNC1CCC(S(=O)c2ccc3ccccc3c2)C1C. The molecular weight excluding hydrogens is 266 g/mol. The van der Waals surface area contributed by atoms with E-state index in [1.54, 1.807) is 0 Å². The Labute approximate surface area is 123 Å². The Morgan fingerprint density at radius 1 is 1.10 bits per heavy atom. The summed E-state index contributed by atoms with van der Waals surface area (Å²) in [6.07, 6.45) is 2.17. The zero-order valence-corrected chi connectivity index (χ0v) is 12.8. The van der Waals surface area contributed by atoms with Gasteiger partial charge in [-0.05, 0) is 48.7 Å². The van der Waals surface area contributed by atoms with Crippen LogP contribution in [0.5, 0.6) is 0 Å². The molecule has 4 unspecified atom stereocenters. The molecule has 0 aromatic heterocycles. The highest BCUT2D eigenvalue weighted by Gasteiger charge is 2.36. The summed E-state index contributed by atoms with van der Waals surface area (Å²) in [6.45, 7) is 2.22. The quantitative estimate of drug-likeness (QED) is 0.938. The summed E-state index contributed by atoms with van der Waals surface area (Å²) in [5, 5.41) is 6.00. The molecule has 0 radical (unpaired) electrons. The third kappa shape index (κ3) is 2.40. The molecular formula is C17H21NOS. The van der Waals surface area contributed by atoms with E-state index in [1.807, 2.05) is 25.2 Å². The van der Waals surface area contributed by atoms with Crippen molar-refractivity contribution in [2.45, 2.75) is 36.0 Å². The first-order chi connectivity index (χ1) is 9.70. The zero-order chi connectivity index (χ0) is 14.1. The van der Waals surface area contributed by atoms with Crippen LogP contribution in [0.4, 0.5) is 0 Å². The molecule has 1 aliphatic rings. The van der Waals surface area contributed by atoms with Gasteiger partial charge in [0.05, 0.1) is 10.8 Å². The second-order valence-corrected chi connectivity index (χ2v) is 7.35. The van der Waals surface area contributed by atoms with Crippen molar-refractivity contribution in [2.75, 3.05) is 7.05 Å². The van der Waals surface area contributed by atoms with E-state index in [0.29, 0.717) is 12.0 Å². The van der Waals surface area contributed by atoms with E-state index in [0.717, 1.165) is 17.7 Å². The van der Waals surface area contributed by atoms with Gasteiger partial charge in [-0.25, -0.2) is 0 Å². The summed E-state index contributed by atoms with van der Waals surface area (Å²) in [5.41, 5.74) is 0. The van der Waals surface area contributed by atoms with Crippen LogP contribution in [0.1, 0.15) is 19.8 Å². The van der Waals surface area contributed by atoms with Crippen molar-refractivity contribution in [1.29, 1.82) is 0 Å². The smallest absolute Gasteiger partial charge is 0.0564 e. The molecule has 0 amide bonds. The fourth-order valence-electron chi connectivity index (χ4n) is 3.31. The lowest BCUT2D eigenvalue weighted by atomic mass is 10.1. The summed E-state index contributed by atoms with van der Waals surface area (Å²) in [5.74, 6) is 0.465. The largest absolute Gasteiger partial charge is 0.317 e. The number of rotatable bonds is 3. The lowest BCUT2D eigenvalue weighted by molar-refractivity contribution is 0.460. The highest BCUT2D eigenvalue weighted by molar-refractivity contribution is 7.85. The molecule has 1 N–H and O–H groups in total. The summed E-state index contributed by atoms with van der Waals surface area (Å²) in [6, 6.07) is 15.0. The molecule has 20 heavy (non-hydrogen) atoms. The van der Waals surface area contributed by atoms with Gasteiger partial charge in [0.25, 0.3) is 0 Å². The molecule has 0 heterocycles. The minimum absolute atomic E-state index is 0.272. The van der Waals surface area contributed by atoms with Crippen LogP contribution >= 0.6 is 0 Å². The van der Waals surface area contributed by atoms with Crippen molar-refractivity contribution in [3.8, 4) is 0 Å². The Bertz CT molecular complexity index is 640. The Balaban J connectivity index is 1.89. The van der Waals surface area contributed by atoms with Crippen molar-refractivity contribution in [1.82, 2.24) is 5.32 Å². The molecule has 0 aliphatic heterocycles. The van der Waals surface area contributed by atoms with Crippen LogP contribution in [-0.4, -0.2) is 22.5 Å². The second-order valence-electron chi connectivity index (χ2n) is 5.68. The molecule has 3 rings (SSSR count). The van der Waals surface area contributed by atoms with Crippen molar-refractivity contribution in [2.24, 2.45) is 5.92 Å². The van der Waals surface area contributed by atoms with E-state index in [1.165, 1.54) is 10.8 Å². The minimum atomic E-state index is -0.907. The predicted molar refractivity (Wildman–Crippen MR) is 85.4 cm³/mol. The minimum Gasteiger partial charge on any atom is -0.317 e. The standard InChI is InChI=1S/C17H21NOS/c1-12-16(18-2)9-10-17(12)20(19)15-8-7-13-5-3-4-6-14(13)11-15/h3-8,11-12,16-18H,9-10H2,1-2H3. The first kappa shape index (κ1) is 13.8. The van der Waals surface area contributed by atoms with E-state index in [-0.39, 0.29) is 5.25 Å². The van der Waals surface area contributed by atoms with Crippen LogP contribution < -0.4 is 5.32 Å². The molecule has 2 aromatic carbocycles. The molecule has 0 saturated heterocycles. The first-order valence-electron chi connectivity index (χ1n) is 7.27. The monoisotopic (exact) mass is 287 g/mol. The van der Waals surface area contributed by atoms with Crippen molar-refractivity contribution in [3.05, 3.63) is 42.5 Å². The molecule has 2 aromatic rings. The van der Waals surface area contributed by atoms with Gasteiger partial charge < -0.3 is 5.32 Å². The van der Waals surface area contributed by atoms with Gasteiger partial charge in [0.1, 0.15) is 0 Å². The summed E-state index contributed by atoms with van der Waals surface area (Å²) >= 11 is 0. The van der Waals surface area contributed by atoms with Crippen LogP contribution in [0.3, 0.4) is 0 Å². The lowest BCUT2D eigenvalue weighted by Crippen LogP contribution is -2.32. The van der Waals surface area contributed by atoms with E-state index in [2.05, 4.69) is 36.5 Å². The lowest BCUT2D eigenvalue weighted by Gasteiger charge is -2.20. The number of hydrogen-bond acceptors (Lipinski definition) is 2. The highest BCUT2D eigenvalue weighted by atomic mass is 32.2. The van der Waals surface area contributed by atoms with Gasteiger partial charge in [-0.15, -0.1) is 0 Å². The van der Waals surface area contributed by atoms with Gasteiger partial charge in [0.15, 0.2) is 0 Å². The van der Waals surface area contributed by atoms with Crippen molar-refractivity contribution in [3.63, 3.8) is 0 Å². The topological polar surface area (TPSA) is 29.1 Å². The van der Waals surface area contributed by atoms with Crippen LogP contribution in [0.2, 0.25) is 0 Å². The van der Waals surface area contributed by atoms with Gasteiger partial charge in [-0.2, -0.15) is 0 Å². The maximum atomic E-state index is 12.8. The third-order valence-electron chi connectivity index (χ3n) is 4.58. The molecule has 106 valence electrons. The van der Waals surface area contributed by atoms with Gasteiger partial charge in [0.2, 0.25) is 0 Å². The molecule has 4 atom stereocenters. The Morgan fingerprint density at radius 2 is 1.85 bits per heavy atom. The molecule has 0 spiro atoms. The average Bonchev–Trinajstić information content (AvgIpc) is 2.87. The maximum absolute atomic E-state index is 12.8. The average molecular weight is 287 g/mol. The van der Waals surface area contributed by atoms with Crippen LogP contribution in [0.25, 0.3) is 10.8 Å². The van der Waals surface area contributed by atoms with E-state index in [4.69, 9.17) is 0 Å². The van der Waals surface area contributed by atoms with Crippen LogP contribution in [-0.2, 0) is 10.8 Å². The Kier molecular flexibility index (Phi) is 3.90. The Morgan fingerprint density at radius 3 is 2.55 bits per heavy atom. The van der Waals surface area contributed by atoms with E-state index >= 15 is 0 Å². The van der Waals surface area contributed by atoms with Crippen molar-refractivity contribution < 1.29 is 4.21 Å². The molecule has 1 aliphatic carbocycles. The number of nitrogens with one attached hydrogen (secondary N) is 1. The fraction of sp³-hybridized carbons (Fsp3) is 0.412. The van der Waals surface area contributed by atoms with Gasteiger partial charge in [-0.3, -0.25) is 4.21 Å². The summed E-state index contributed by atoms with van der Waals surface area (Å²) in [4.78, 5) is 0.970. The van der Waals surface area contributed by atoms with Crippen LogP contribution in [0, 0.1) is 5.92 Å². The number of hydrogen-bond donors (Lipinski definition) is 1. The maximum Gasteiger partial charge on any atom is 0.0564 e. The Hall–Kier alpha value is -1.19. The number of benzene rings is 2. The summed E-state index contributed by atoms with van der Waals surface area (Å²) < 4.78 is 12.8. The van der Waals surface area contributed by atoms with Gasteiger partial charge >= 0.3 is 0 Å². The molecule has 1 saturated carbocycles. The van der Waals surface area contributed by atoms with Crippen LogP contribution in [0.15, 0.2) is 47.4 Å². The normalized spacial score (nSPS) is 27.8. The molecule has 2 nitrogen and oxygen atoms in total. The second kappa shape index (κ2) is 5.66. The third-order valence-corrected chi connectivity index (χ3v) is 6.52. The van der Waals surface area contributed by atoms with E-state index in [9.17, 15) is 4.21 Å². The summed E-state index contributed by atoms with van der Waals surface area (Å²) in [7, 11) is 1.10. The molecule has 1 fully saturated rings. The predicted octanol–water partition coefficient (Wildman–Crippen LogP) is 3.33. The fourth-order valence-corrected chi connectivity index (χ4v) is 5.03. The molecule has 0 bridgehead atoms. The highest BCUT2D eigenvalue weighted by Crippen LogP contribution is 2.33. The van der Waals surface area contributed by atoms with E-state index < -0.39 is 10.8 Å². The van der Waals surface area contributed by atoms with Gasteiger partial charge in [-0.1, -0.05) is 37.3 Å². The first-order valence-corrected chi connectivity index (χ1v) is 8.48. The zero-order valence-electron chi connectivity index (χ0n) is 12.0.